The highest BCUT2D eigenvalue weighted by atomic mass is 19.1. The molecule has 20 heavy (non-hydrogen) atoms. The maximum Gasteiger partial charge on any atom is 0.354 e. The molecule has 1 fully saturated rings. The minimum absolute atomic E-state index is 0.207. The van der Waals surface area contributed by atoms with Crippen molar-refractivity contribution in [1.82, 2.24) is 9.38 Å². The van der Waals surface area contributed by atoms with Crippen LogP contribution in [0.5, 0.6) is 0 Å². The minimum atomic E-state index is -0.980. The van der Waals surface area contributed by atoms with Gasteiger partial charge in [0.2, 0.25) is 0 Å². The van der Waals surface area contributed by atoms with Crippen LogP contribution in [0.4, 0.5) is 10.1 Å². The van der Waals surface area contributed by atoms with Gasteiger partial charge in [-0.05, 0) is 18.9 Å². The van der Waals surface area contributed by atoms with E-state index in [0.717, 1.165) is 5.69 Å². The molecule has 1 aliphatic rings. The summed E-state index contributed by atoms with van der Waals surface area (Å²) >= 11 is 0. The quantitative estimate of drug-likeness (QED) is 0.934. The maximum absolute atomic E-state index is 13.3. The number of nitrogens with zero attached hydrogens (tertiary/aromatic N) is 3. The van der Waals surface area contributed by atoms with Gasteiger partial charge in [-0.2, -0.15) is 0 Å². The molecule has 0 aromatic carbocycles. The second-order valence-corrected chi connectivity index (χ2v) is 5.01. The number of hydrogen-bond donors (Lipinski definition) is 1. The van der Waals surface area contributed by atoms with Gasteiger partial charge in [0.15, 0.2) is 5.69 Å². The van der Waals surface area contributed by atoms with Crippen LogP contribution in [0.15, 0.2) is 18.3 Å². The highest BCUT2D eigenvalue weighted by Crippen LogP contribution is 2.24. The van der Waals surface area contributed by atoms with E-state index in [1.165, 1.54) is 0 Å². The number of fused-ring (bicyclic) bond motifs is 1. The van der Waals surface area contributed by atoms with Gasteiger partial charge in [0.25, 0.3) is 0 Å². The van der Waals surface area contributed by atoms with Gasteiger partial charge in [-0.15, -0.1) is 0 Å². The molecule has 0 aliphatic carbocycles. The molecule has 3 heterocycles. The van der Waals surface area contributed by atoms with Gasteiger partial charge in [0, 0.05) is 31.0 Å². The van der Waals surface area contributed by atoms with Crippen molar-refractivity contribution < 1.29 is 14.3 Å². The number of aryl methyl sites for hydroxylation is 1. The summed E-state index contributed by atoms with van der Waals surface area (Å²) in [4.78, 5) is 17.6. The van der Waals surface area contributed by atoms with Gasteiger partial charge in [0.1, 0.15) is 11.8 Å². The first kappa shape index (κ1) is 12.9. The topological polar surface area (TPSA) is 57.8 Å². The van der Waals surface area contributed by atoms with Crippen LogP contribution in [-0.2, 0) is 6.42 Å². The molecular formula is C14H16FN3O2. The molecule has 1 aliphatic heterocycles. The lowest BCUT2D eigenvalue weighted by atomic mass is 10.2. The molecule has 0 spiro atoms. The number of aromatic carboxylic acids is 1. The highest BCUT2D eigenvalue weighted by Gasteiger charge is 2.23. The fourth-order valence-corrected chi connectivity index (χ4v) is 2.70. The zero-order valence-electron chi connectivity index (χ0n) is 11.2. The van der Waals surface area contributed by atoms with Crippen LogP contribution in [0.25, 0.3) is 5.65 Å². The average Bonchev–Trinajstić information content (AvgIpc) is 3.00. The summed E-state index contributed by atoms with van der Waals surface area (Å²) in [6, 6.07) is 3.64. The average molecular weight is 277 g/mol. The van der Waals surface area contributed by atoms with Gasteiger partial charge >= 0.3 is 5.97 Å². The van der Waals surface area contributed by atoms with E-state index >= 15 is 0 Å². The molecule has 0 bridgehead atoms. The van der Waals surface area contributed by atoms with Crippen LogP contribution < -0.4 is 4.90 Å². The van der Waals surface area contributed by atoms with Crippen molar-refractivity contribution in [1.29, 1.82) is 0 Å². The van der Waals surface area contributed by atoms with E-state index in [1.54, 1.807) is 10.6 Å². The second kappa shape index (κ2) is 4.77. The molecule has 0 radical (unpaired) electrons. The monoisotopic (exact) mass is 277 g/mol. The van der Waals surface area contributed by atoms with Crippen molar-refractivity contribution in [2.24, 2.45) is 0 Å². The van der Waals surface area contributed by atoms with E-state index < -0.39 is 12.1 Å². The van der Waals surface area contributed by atoms with E-state index in [-0.39, 0.29) is 5.69 Å². The number of hydrogen-bond acceptors (Lipinski definition) is 3. The Hall–Kier alpha value is -2.11. The molecule has 1 atom stereocenters. The fourth-order valence-electron chi connectivity index (χ4n) is 2.70. The summed E-state index contributed by atoms with van der Waals surface area (Å²) in [5.41, 5.74) is 2.26. The van der Waals surface area contributed by atoms with Gasteiger partial charge in [-0.3, -0.25) is 4.40 Å². The molecule has 3 rings (SSSR count). The number of alkyl halides is 1. The molecule has 2 aromatic rings. The number of carboxylic acid groups (broad SMARTS) is 1. The molecule has 1 N–H and O–H groups in total. The van der Waals surface area contributed by atoms with Crippen LogP contribution >= 0.6 is 0 Å². The first-order valence-corrected chi connectivity index (χ1v) is 6.73. The van der Waals surface area contributed by atoms with Crippen LogP contribution in [0, 0.1) is 0 Å². The Labute approximate surface area is 115 Å². The third kappa shape index (κ3) is 2.01. The minimum Gasteiger partial charge on any atom is -0.477 e. The summed E-state index contributed by atoms with van der Waals surface area (Å²) in [6.45, 7) is 2.96. The van der Waals surface area contributed by atoms with Crippen molar-refractivity contribution in [2.45, 2.75) is 25.9 Å². The van der Waals surface area contributed by atoms with Crippen molar-refractivity contribution in [2.75, 3.05) is 18.0 Å². The van der Waals surface area contributed by atoms with Crippen LogP contribution in [0.1, 0.15) is 29.5 Å². The summed E-state index contributed by atoms with van der Waals surface area (Å²) < 4.78 is 14.8. The molecule has 106 valence electrons. The van der Waals surface area contributed by atoms with E-state index in [9.17, 15) is 14.3 Å². The van der Waals surface area contributed by atoms with Crippen LogP contribution in [0.3, 0.4) is 0 Å². The van der Waals surface area contributed by atoms with Crippen molar-refractivity contribution in [3.8, 4) is 0 Å². The number of aromatic nitrogens is 2. The number of anilines is 1. The Morgan fingerprint density at radius 1 is 1.60 bits per heavy atom. The number of halogens is 1. The normalized spacial score (nSPS) is 18.9. The largest absolute Gasteiger partial charge is 0.477 e. The van der Waals surface area contributed by atoms with E-state index in [4.69, 9.17) is 0 Å². The molecule has 0 saturated carbocycles. The van der Waals surface area contributed by atoms with E-state index in [0.29, 0.717) is 37.3 Å². The molecule has 5 nitrogen and oxygen atoms in total. The number of carbonyl (C=O) groups is 1. The molecule has 6 heteroatoms. The lowest BCUT2D eigenvalue weighted by Gasteiger charge is -2.17. The van der Waals surface area contributed by atoms with Gasteiger partial charge in [-0.1, -0.05) is 6.92 Å². The molecule has 1 saturated heterocycles. The lowest BCUT2D eigenvalue weighted by Crippen LogP contribution is -2.20. The Bertz CT molecular complexity index is 668. The third-order valence-electron chi connectivity index (χ3n) is 3.72. The molecular weight excluding hydrogens is 261 g/mol. The van der Waals surface area contributed by atoms with Crippen LogP contribution in [-0.4, -0.2) is 39.7 Å². The van der Waals surface area contributed by atoms with Crippen molar-refractivity contribution in [3.63, 3.8) is 0 Å². The first-order valence-electron chi connectivity index (χ1n) is 6.73. The Morgan fingerprint density at radius 2 is 2.40 bits per heavy atom. The highest BCUT2D eigenvalue weighted by molar-refractivity contribution is 5.88. The Kier molecular flexibility index (Phi) is 3.08. The van der Waals surface area contributed by atoms with E-state index in [2.05, 4.69) is 4.98 Å². The SMILES string of the molecule is CCc1nc2cc(N3CCC(F)C3)ccn2c1C(=O)O. The first-order chi connectivity index (χ1) is 9.60. The molecule has 2 aromatic heterocycles. The van der Waals surface area contributed by atoms with Gasteiger partial charge < -0.3 is 10.0 Å². The summed E-state index contributed by atoms with van der Waals surface area (Å²) in [5.74, 6) is -0.980. The fraction of sp³-hybridized carbons (Fsp3) is 0.429. The number of imidazole rings is 1. The lowest BCUT2D eigenvalue weighted by molar-refractivity contribution is 0.0688. The maximum atomic E-state index is 13.3. The Balaban J connectivity index is 2.06. The summed E-state index contributed by atoms with van der Waals surface area (Å²) in [6.07, 6.45) is 2.02. The molecule has 1 unspecified atom stereocenters. The van der Waals surface area contributed by atoms with Crippen LogP contribution in [0.2, 0.25) is 0 Å². The predicted octanol–water partition coefficient (Wildman–Crippen LogP) is 2.14. The van der Waals surface area contributed by atoms with Crippen molar-refractivity contribution >= 4 is 17.3 Å². The Morgan fingerprint density at radius 3 is 3.00 bits per heavy atom. The standard InChI is InChI=1S/C14H16FN3O2/c1-2-11-13(14(19)20)18-6-4-10(7-12(18)16-11)17-5-3-9(15)8-17/h4,6-7,9H,2-3,5,8H2,1H3,(H,19,20). The zero-order chi connectivity index (χ0) is 14.3. The number of rotatable bonds is 3. The van der Waals surface area contributed by atoms with E-state index in [1.807, 2.05) is 24.0 Å². The van der Waals surface area contributed by atoms with Gasteiger partial charge in [-0.25, -0.2) is 14.2 Å². The smallest absolute Gasteiger partial charge is 0.354 e. The third-order valence-corrected chi connectivity index (χ3v) is 3.72. The van der Waals surface area contributed by atoms with Gasteiger partial charge in [0.05, 0.1) is 5.69 Å². The summed E-state index contributed by atoms with van der Waals surface area (Å²) in [5, 5.41) is 9.28. The van der Waals surface area contributed by atoms with Crippen molar-refractivity contribution in [3.05, 3.63) is 29.7 Å². The predicted molar refractivity (Wildman–Crippen MR) is 73.3 cm³/mol. The zero-order valence-corrected chi connectivity index (χ0v) is 11.2. The number of carboxylic acids is 1. The molecule has 0 amide bonds. The summed E-state index contributed by atoms with van der Waals surface area (Å²) in [7, 11) is 0. The second-order valence-electron chi connectivity index (χ2n) is 5.01. The number of pyridine rings is 1.